The maximum Gasteiger partial charge on any atom is 0.243 e. The summed E-state index contributed by atoms with van der Waals surface area (Å²) in [6, 6.07) is 6.55. The molecule has 1 heterocycles. The molecule has 5 nitrogen and oxygen atoms in total. The molecule has 0 saturated carbocycles. The largest absolute Gasteiger partial charge is 0.326 e. The Morgan fingerprint density at radius 3 is 2.19 bits per heavy atom. The molecular weight excluding hydrogens is 348 g/mol. The van der Waals surface area contributed by atoms with E-state index in [1.165, 1.54) is 19.3 Å². The molecular formula is C20H32N2O3S. The Morgan fingerprint density at radius 1 is 0.962 bits per heavy atom. The second-order valence-electron chi connectivity index (χ2n) is 7.06. The number of anilines is 1. The molecule has 1 aliphatic heterocycles. The summed E-state index contributed by atoms with van der Waals surface area (Å²) in [5, 5.41) is 2.85. The number of carbonyl (C=O) groups excluding carboxylic acids is 1. The van der Waals surface area contributed by atoms with Crippen molar-refractivity contribution >= 4 is 21.6 Å². The molecule has 1 saturated heterocycles. The summed E-state index contributed by atoms with van der Waals surface area (Å²) in [5.41, 5.74) is 0.651. The van der Waals surface area contributed by atoms with Gasteiger partial charge in [0.1, 0.15) is 0 Å². The summed E-state index contributed by atoms with van der Waals surface area (Å²) >= 11 is 0. The predicted molar refractivity (Wildman–Crippen MR) is 106 cm³/mol. The number of nitrogens with one attached hydrogen (secondary N) is 1. The number of unbranched alkanes of at least 4 members (excludes halogenated alkanes) is 4. The quantitative estimate of drug-likeness (QED) is 0.639. The zero-order chi connectivity index (χ0) is 18.8. The molecule has 1 N–H and O–H groups in total. The smallest absolute Gasteiger partial charge is 0.243 e. The van der Waals surface area contributed by atoms with Crippen LogP contribution in [0.3, 0.4) is 0 Å². The van der Waals surface area contributed by atoms with Gasteiger partial charge in [-0.15, -0.1) is 0 Å². The van der Waals surface area contributed by atoms with Gasteiger partial charge in [-0.25, -0.2) is 8.42 Å². The second-order valence-corrected chi connectivity index (χ2v) is 8.99. The van der Waals surface area contributed by atoms with Crippen LogP contribution < -0.4 is 5.32 Å². The van der Waals surface area contributed by atoms with Gasteiger partial charge in [0.15, 0.2) is 0 Å². The number of hydrogen-bond donors (Lipinski definition) is 1. The highest BCUT2D eigenvalue weighted by Crippen LogP contribution is 2.22. The molecule has 0 spiro atoms. The van der Waals surface area contributed by atoms with Crippen LogP contribution in [0.1, 0.15) is 71.1 Å². The molecule has 26 heavy (non-hydrogen) atoms. The minimum Gasteiger partial charge on any atom is -0.326 e. The average molecular weight is 381 g/mol. The molecule has 1 aromatic rings. The Bertz CT molecular complexity index is 648. The molecule has 0 atom stereocenters. The van der Waals surface area contributed by atoms with Gasteiger partial charge in [0.05, 0.1) is 4.90 Å². The lowest BCUT2D eigenvalue weighted by atomic mass is 10.1. The van der Waals surface area contributed by atoms with Gasteiger partial charge in [-0.1, -0.05) is 45.4 Å². The maximum atomic E-state index is 12.7. The van der Waals surface area contributed by atoms with Crippen LogP contribution >= 0.6 is 0 Å². The summed E-state index contributed by atoms with van der Waals surface area (Å²) in [6.07, 6.45) is 10.1. The standard InChI is InChI=1S/C20H32N2O3S/c1-2-3-4-5-8-11-20(23)21-18-12-14-19(15-13-18)26(24,25)22-16-9-6-7-10-17-22/h12-15H,2-11,16-17H2,1H3,(H,21,23). The van der Waals surface area contributed by atoms with Crippen molar-refractivity contribution in [3.8, 4) is 0 Å². The molecule has 2 rings (SSSR count). The van der Waals surface area contributed by atoms with E-state index in [2.05, 4.69) is 12.2 Å². The van der Waals surface area contributed by atoms with Crippen LogP contribution in [0, 0.1) is 0 Å². The Labute approximate surface area is 158 Å². The van der Waals surface area contributed by atoms with Crippen molar-refractivity contribution in [3.05, 3.63) is 24.3 Å². The van der Waals surface area contributed by atoms with Crippen molar-refractivity contribution < 1.29 is 13.2 Å². The van der Waals surface area contributed by atoms with Crippen LogP contribution in [0.5, 0.6) is 0 Å². The maximum absolute atomic E-state index is 12.7. The van der Waals surface area contributed by atoms with E-state index in [1.807, 2.05) is 0 Å². The molecule has 0 radical (unpaired) electrons. The summed E-state index contributed by atoms with van der Waals surface area (Å²) in [6.45, 7) is 3.36. The second kappa shape index (κ2) is 10.7. The first kappa shape index (κ1) is 20.9. The molecule has 0 unspecified atom stereocenters. The fraction of sp³-hybridized carbons (Fsp3) is 0.650. The molecule has 1 aliphatic rings. The van der Waals surface area contributed by atoms with Gasteiger partial charge in [-0.05, 0) is 43.5 Å². The van der Waals surface area contributed by atoms with Gasteiger partial charge in [0, 0.05) is 25.2 Å². The highest BCUT2D eigenvalue weighted by Gasteiger charge is 2.24. The Balaban J connectivity index is 1.87. The number of nitrogens with zero attached hydrogens (tertiary/aromatic N) is 1. The minimum absolute atomic E-state index is 0.00961. The van der Waals surface area contributed by atoms with Crippen molar-refractivity contribution in [1.82, 2.24) is 4.31 Å². The normalized spacial score (nSPS) is 16.2. The number of sulfonamides is 1. The van der Waals surface area contributed by atoms with Crippen molar-refractivity contribution in [1.29, 1.82) is 0 Å². The van der Waals surface area contributed by atoms with Crippen LogP contribution in [0.15, 0.2) is 29.2 Å². The van der Waals surface area contributed by atoms with Gasteiger partial charge in [-0.3, -0.25) is 4.79 Å². The molecule has 0 aliphatic carbocycles. The fourth-order valence-electron chi connectivity index (χ4n) is 3.25. The van der Waals surface area contributed by atoms with E-state index >= 15 is 0 Å². The van der Waals surface area contributed by atoms with E-state index < -0.39 is 10.0 Å². The molecule has 1 fully saturated rings. The van der Waals surface area contributed by atoms with Gasteiger partial charge in [0.2, 0.25) is 15.9 Å². The number of rotatable bonds is 9. The summed E-state index contributed by atoms with van der Waals surface area (Å²) in [7, 11) is -3.43. The average Bonchev–Trinajstić information content (AvgIpc) is 2.92. The first-order valence-electron chi connectivity index (χ1n) is 9.94. The van der Waals surface area contributed by atoms with Gasteiger partial charge in [-0.2, -0.15) is 4.31 Å². The molecule has 1 amide bonds. The number of carbonyl (C=O) groups is 1. The topological polar surface area (TPSA) is 66.5 Å². The van der Waals surface area contributed by atoms with Gasteiger partial charge in [0.25, 0.3) is 0 Å². The van der Waals surface area contributed by atoms with Gasteiger partial charge >= 0.3 is 0 Å². The molecule has 0 aromatic heterocycles. The van der Waals surface area contributed by atoms with E-state index in [9.17, 15) is 13.2 Å². The molecule has 146 valence electrons. The van der Waals surface area contributed by atoms with E-state index in [1.54, 1.807) is 28.6 Å². The third-order valence-electron chi connectivity index (χ3n) is 4.85. The van der Waals surface area contributed by atoms with Crippen molar-refractivity contribution in [2.75, 3.05) is 18.4 Å². The molecule has 6 heteroatoms. The lowest BCUT2D eigenvalue weighted by molar-refractivity contribution is -0.116. The highest BCUT2D eigenvalue weighted by atomic mass is 32.2. The monoisotopic (exact) mass is 380 g/mol. The third kappa shape index (κ3) is 6.40. The van der Waals surface area contributed by atoms with E-state index in [4.69, 9.17) is 0 Å². The van der Waals surface area contributed by atoms with Crippen molar-refractivity contribution in [2.24, 2.45) is 0 Å². The van der Waals surface area contributed by atoms with Crippen LogP contribution in [0.2, 0.25) is 0 Å². The third-order valence-corrected chi connectivity index (χ3v) is 6.76. The van der Waals surface area contributed by atoms with Crippen molar-refractivity contribution in [2.45, 2.75) is 76.0 Å². The number of amides is 1. The summed E-state index contributed by atoms with van der Waals surface area (Å²) in [4.78, 5) is 12.3. The van der Waals surface area contributed by atoms with E-state index in [-0.39, 0.29) is 5.91 Å². The summed E-state index contributed by atoms with van der Waals surface area (Å²) < 4.78 is 27.1. The molecule has 1 aromatic carbocycles. The van der Waals surface area contributed by atoms with E-state index in [0.29, 0.717) is 30.1 Å². The van der Waals surface area contributed by atoms with Crippen LogP contribution in [0.25, 0.3) is 0 Å². The number of benzene rings is 1. The highest BCUT2D eigenvalue weighted by molar-refractivity contribution is 7.89. The van der Waals surface area contributed by atoms with Crippen LogP contribution in [-0.4, -0.2) is 31.7 Å². The first-order valence-corrected chi connectivity index (χ1v) is 11.4. The Hall–Kier alpha value is -1.40. The predicted octanol–water partition coefficient (Wildman–Crippen LogP) is 4.55. The number of hydrogen-bond acceptors (Lipinski definition) is 3. The summed E-state index contributed by atoms with van der Waals surface area (Å²) in [5.74, 6) is -0.00961. The lowest BCUT2D eigenvalue weighted by Crippen LogP contribution is -2.31. The SMILES string of the molecule is CCCCCCCC(=O)Nc1ccc(S(=O)(=O)N2CCCCCC2)cc1. The Morgan fingerprint density at radius 2 is 1.58 bits per heavy atom. The van der Waals surface area contributed by atoms with Crippen molar-refractivity contribution in [3.63, 3.8) is 0 Å². The lowest BCUT2D eigenvalue weighted by Gasteiger charge is -2.20. The molecule has 0 bridgehead atoms. The zero-order valence-corrected chi connectivity index (χ0v) is 16.7. The minimum atomic E-state index is -3.43. The van der Waals surface area contributed by atoms with E-state index in [0.717, 1.165) is 38.5 Å². The van der Waals surface area contributed by atoms with Gasteiger partial charge < -0.3 is 5.32 Å². The zero-order valence-electron chi connectivity index (χ0n) is 15.9. The van der Waals surface area contributed by atoms with Crippen LogP contribution in [-0.2, 0) is 14.8 Å². The Kier molecular flexibility index (Phi) is 8.59. The first-order chi connectivity index (χ1) is 12.5. The van der Waals surface area contributed by atoms with Crippen LogP contribution in [0.4, 0.5) is 5.69 Å². The fourth-order valence-corrected chi connectivity index (χ4v) is 4.77.